The van der Waals surface area contributed by atoms with Gasteiger partial charge in [0.05, 0.1) is 17.1 Å². The van der Waals surface area contributed by atoms with E-state index in [1.807, 2.05) is 38.4 Å². The SMILES string of the molecule is CN1/C(=c2\s/c(=C\c3scc[n+]3Cc3ccccc3)n(C)c2=O)Sc2cc(Cl)ccc21. The van der Waals surface area contributed by atoms with Crippen LogP contribution in [0.1, 0.15) is 10.6 Å². The van der Waals surface area contributed by atoms with Crippen LogP contribution in [-0.4, -0.2) is 11.6 Å². The van der Waals surface area contributed by atoms with Gasteiger partial charge in [0.1, 0.15) is 14.2 Å². The van der Waals surface area contributed by atoms with Gasteiger partial charge in [-0.05, 0) is 18.2 Å². The fourth-order valence-electron chi connectivity index (χ4n) is 3.51. The fourth-order valence-corrected chi connectivity index (χ4v) is 7.02. The summed E-state index contributed by atoms with van der Waals surface area (Å²) in [5.74, 6) is 0. The van der Waals surface area contributed by atoms with Crippen LogP contribution in [0.25, 0.3) is 11.1 Å². The topological polar surface area (TPSA) is 29.1 Å². The van der Waals surface area contributed by atoms with Crippen LogP contribution in [0.2, 0.25) is 5.02 Å². The molecule has 0 fully saturated rings. The standard InChI is InChI=1S/C23H19ClN3OS3/c1-25-17-9-8-16(24)12-18(17)30-23(25)21-22(28)26(2)19(31-21)13-20-27(10-11-29-20)14-15-6-4-3-5-7-15/h3-13H,14H2,1-2H3/q+1/b23-21+. The van der Waals surface area contributed by atoms with Crippen LogP contribution in [0.4, 0.5) is 5.69 Å². The Labute approximate surface area is 197 Å². The summed E-state index contributed by atoms with van der Waals surface area (Å²) < 4.78 is 5.63. The first-order valence-corrected chi connectivity index (χ1v) is 12.5. The first-order valence-electron chi connectivity index (χ1n) is 9.65. The van der Waals surface area contributed by atoms with Gasteiger partial charge in [-0.25, -0.2) is 0 Å². The lowest BCUT2D eigenvalue weighted by molar-refractivity contribution is -0.685. The van der Waals surface area contributed by atoms with E-state index in [9.17, 15) is 4.79 Å². The zero-order valence-electron chi connectivity index (χ0n) is 16.9. The van der Waals surface area contributed by atoms with E-state index in [1.54, 1.807) is 27.7 Å². The number of fused-ring (bicyclic) bond motifs is 1. The van der Waals surface area contributed by atoms with Crippen molar-refractivity contribution in [1.82, 2.24) is 4.57 Å². The highest BCUT2D eigenvalue weighted by atomic mass is 35.5. The maximum absolute atomic E-state index is 13.1. The summed E-state index contributed by atoms with van der Waals surface area (Å²) in [4.78, 5) is 16.3. The Morgan fingerprint density at radius 2 is 1.94 bits per heavy atom. The summed E-state index contributed by atoms with van der Waals surface area (Å²) in [7, 11) is 3.84. The summed E-state index contributed by atoms with van der Waals surface area (Å²) in [5.41, 5.74) is 2.34. The number of anilines is 1. The Kier molecular flexibility index (Phi) is 5.52. The molecule has 1 aliphatic rings. The zero-order valence-corrected chi connectivity index (χ0v) is 20.1. The smallest absolute Gasteiger partial charge is 0.271 e. The summed E-state index contributed by atoms with van der Waals surface area (Å²) >= 11 is 11.0. The van der Waals surface area contributed by atoms with E-state index in [-0.39, 0.29) is 5.56 Å². The molecule has 2 aromatic carbocycles. The van der Waals surface area contributed by atoms with E-state index in [4.69, 9.17) is 11.6 Å². The molecule has 0 spiro atoms. The van der Waals surface area contributed by atoms with Gasteiger partial charge in [0.15, 0.2) is 12.7 Å². The van der Waals surface area contributed by atoms with Gasteiger partial charge in [0.2, 0.25) is 0 Å². The molecule has 0 aliphatic carbocycles. The van der Waals surface area contributed by atoms with Crippen LogP contribution < -0.4 is 24.2 Å². The van der Waals surface area contributed by atoms with E-state index < -0.39 is 0 Å². The van der Waals surface area contributed by atoms with Gasteiger partial charge in [-0.3, -0.25) is 4.79 Å². The third-order valence-electron chi connectivity index (χ3n) is 5.18. The molecule has 0 bridgehead atoms. The van der Waals surface area contributed by atoms with E-state index in [0.29, 0.717) is 5.02 Å². The largest absolute Gasteiger partial charge is 0.337 e. The number of thioether (sulfide) groups is 1. The average Bonchev–Trinajstić information content (AvgIpc) is 3.41. The van der Waals surface area contributed by atoms with Crippen LogP contribution in [0.5, 0.6) is 0 Å². The quantitative estimate of drug-likeness (QED) is 0.416. The van der Waals surface area contributed by atoms with E-state index in [1.165, 1.54) is 16.9 Å². The van der Waals surface area contributed by atoms with Gasteiger partial charge in [0.25, 0.3) is 10.6 Å². The van der Waals surface area contributed by atoms with Gasteiger partial charge < -0.3 is 9.47 Å². The second-order valence-corrected chi connectivity index (χ2v) is 10.6. The molecule has 4 aromatic rings. The van der Waals surface area contributed by atoms with Gasteiger partial charge in [-0.1, -0.05) is 65.0 Å². The molecule has 0 amide bonds. The Morgan fingerprint density at radius 3 is 2.74 bits per heavy atom. The van der Waals surface area contributed by atoms with Crippen molar-refractivity contribution in [2.45, 2.75) is 11.4 Å². The Hall–Kier alpha value is -2.32. The van der Waals surface area contributed by atoms with Crippen LogP contribution >= 0.6 is 46.0 Å². The maximum Gasteiger partial charge on any atom is 0.271 e. The first kappa shape index (κ1) is 20.6. The molecule has 3 heterocycles. The minimum Gasteiger partial charge on any atom is -0.337 e. The van der Waals surface area contributed by atoms with Crippen molar-refractivity contribution in [3.05, 3.63) is 95.3 Å². The number of halogens is 1. The molecule has 4 nitrogen and oxygen atoms in total. The molecule has 0 N–H and O–H groups in total. The number of rotatable bonds is 3. The Bertz CT molecular complexity index is 1450. The molecule has 31 heavy (non-hydrogen) atoms. The van der Waals surface area contributed by atoms with Crippen LogP contribution in [0.3, 0.4) is 0 Å². The molecule has 2 aromatic heterocycles. The van der Waals surface area contributed by atoms with E-state index in [0.717, 1.165) is 36.4 Å². The molecule has 156 valence electrons. The summed E-state index contributed by atoms with van der Waals surface area (Å²) in [5, 5.41) is 4.84. The van der Waals surface area contributed by atoms with Crippen molar-refractivity contribution in [2.75, 3.05) is 11.9 Å². The Morgan fingerprint density at radius 1 is 1.13 bits per heavy atom. The van der Waals surface area contributed by atoms with Gasteiger partial charge in [0, 0.05) is 29.6 Å². The lowest BCUT2D eigenvalue weighted by Crippen LogP contribution is -2.35. The monoisotopic (exact) mass is 484 g/mol. The van der Waals surface area contributed by atoms with Crippen LogP contribution in [0, 0.1) is 0 Å². The van der Waals surface area contributed by atoms with Gasteiger partial charge in [-0.2, -0.15) is 4.57 Å². The van der Waals surface area contributed by atoms with Crippen LogP contribution in [-0.2, 0) is 13.6 Å². The van der Waals surface area contributed by atoms with Crippen molar-refractivity contribution < 1.29 is 4.57 Å². The number of aromatic nitrogens is 2. The first-order chi connectivity index (χ1) is 15.0. The molecule has 0 unspecified atom stereocenters. The Balaban J connectivity index is 1.58. The zero-order chi connectivity index (χ0) is 21.5. The van der Waals surface area contributed by atoms with E-state index >= 15 is 0 Å². The van der Waals surface area contributed by atoms with Gasteiger partial charge >= 0.3 is 0 Å². The number of nitrogens with zero attached hydrogens (tertiary/aromatic N) is 3. The maximum atomic E-state index is 13.1. The molecule has 1 aliphatic heterocycles. The summed E-state index contributed by atoms with van der Waals surface area (Å²) in [6, 6.07) is 16.2. The third-order valence-corrected chi connectivity index (χ3v) is 8.79. The highest BCUT2D eigenvalue weighted by molar-refractivity contribution is 8.08. The molecule has 0 saturated heterocycles. The summed E-state index contributed by atoms with van der Waals surface area (Å²) in [6.07, 6.45) is 4.19. The summed E-state index contributed by atoms with van der Waals surface area (Å²) in [6.45, 7) is 0.800. The normalized spacial score (nSPS) is 15.6. The van der Waals surface area contributed by atoms with Crippen molar-refractivity contribution in [2.24, 2.45) is 7.05 Å². The van der Waals surface area contributed by atoms with Gasteiger partial charge in [-0.15, -0.1) is 11.3 Å². The number of hydrogen-bond acceptors (Lipinski definition) is 5. The lowest BCUT2D eigenvalue weighted by atomic mass is 10.2. The third kappa shape index (κ3) is 3.87. The number of hydrogen-bond donors (Lipinski definition) is 0. The van der Waals surface area contributed by atoms with E-state index in [2.05, 4.69) is 51.4 Å². The van der Waals surface area contributed by atoms with Crippen molar-refractivity contribution in [3.63, 3.8) is 0 Å². The molecular weight excluding hydrogens is 466 g/mol. The predicted octanol–water partition coefficient (Wildman–Crippen LogP) is 3.63. The predicted molar refractivity (Wildman–Crippen MR) is 132 cm³/mol. The molecule has 8 heteroatoms. The van der Waals surface area contributed by atoms with Crippen molar-refractivity contribution in [3.8, 4) is 0 Å². The second kappa shape index (κ2) is 8.31. The molecule has 0 radical (unpaired) electrons. The highest BCUT2D eigenvalue weighted by Crippen LogP contribution is 2.46. The molecule has 5 rings (SSSR count). The average molecular weight is 485 g/mol. The van der Waals surface area contributed by atoms with Crippen molar-refractivity contribution >= 4 is 62.8 Å². The number of benzene rings is 2. The highest BCUT2D eigenvalue weighted by Gasteiger charge is 2.25. The fraction of sp³-hybridized carbons (Fsp3) is 0.130. The lowest BCUT2D eigenvalue weighted by Gasteiger charge is -2.12. The number of thiazole rings is 2. The minimum absolute atomic E-state index is 0.0238. The van der Waals surface area contributed by atoms with Crippen molar-refractivity contribution in [1.29, 1.82) is 0 Å². The molecular formula is C23H19ClN3OS3+. The minimum atomic E-state index is 0.0238. The van der Waals surface area contributed by atoms with Crippen LogP contribution in [0.15, 0.2) is 69.8 Å². The second-order valence-electron chi connectivity index (χ2n) is 7.21. The molecule has 0 atom stereocenters. The molecule has 0 saturated carbocycles.